The predicted molar refractivity (Wildman–Crippen MR) is 72.9 cm³/mol. The minimum atomic E-state index is -1.02. The van der Waals surface area contributed by atoms with Crippen LogP contribution in [-0.4, -0.2) is 54.5 Å². The van der Waals surface area contributed by atoms with Crippen LogP contribution in [0.1, 0.15) is 19.4 Å². The zero-order valence-electron chi connectivity index (χ0n) is 11.2. The van der Waals surface area contributed by atoms with E-state index in [0.717, 1.165) is 0 Å². The number of aromatic nitrogens is 4. The first kappa shape index (κ1) is 13.2. The van der Waals surface area contributed by atoms with E-state index < -0.39 is 11.7 Å². The van der Waals surface area contributed by atoms with Crippen LogP contribution >= 0.6 is 0 Å². The van der Waals surface area contributed by atoms with Gasteiger partial charge in [0, 0.05) is 13.1 Å². The van der Waals surface area contributed by atoms with Gasteiger partial charge in [-0.3, -0.25) is 0 Å². The monoisotopic (exact) mass is 278 g/mol. The van der Waals surface area contributed by atoms with Crippen molar-refractivity contribution in [2.75, 3.05) is 18.8 Å². The van der Waals surface area contributed by atoms with Gasteiger partial charge in [0.2, 0.25) is 0 Å². The van der Waals surface area contributed by atoms with Crippen molar-refractivity contribution in [1.29, 1.82) is 0 Å². The second-order valence-corrected chi connectivity index (χ2v) is 5.48. The third-order valence-corrected chi connectivity index (χ3v) is 3.80. The highest BCUT2D eigenvalue weighted by Crippen LogP contribution is 2.31. The van der Waals surface area contributed by atoms with E-state index in [0.29, 0.717) is 36.5 Å². The van der Waals surface area contributed by atoms with Crippen molar-refractivity contribution in [2.45, 2.75) is 31.1 Å². The van der Waals surface area contributed by atoms with Crippen LogP contribution < -0.4 is 11.1 Å². The van der Waals surface area contributed by atoms with Gasteiger partial charge >= 0.3 is 0 Å². The minimum absolute atomic E-state index is 0.306. The summed E-state index contributed by atoms with van der Waals surface area (Å²) < 4.78 is 1.77. The highest BCUT2D eigenvalue weighted by Gasteiger charge is 2.38. The Morgan fingerprint density at radius 3 is 3.05 bits per heavy atom. The van der Waals surface area contributed by atoms with Gasteiger partial charge in [0.25, 0.3) is 0 Å². The van der Waals surface area contributed by atoms with Gasteiger partial charge in [-0.25, -0.2) is 15.0 Å². The fraction of sp³-hybridized carbons (Fsp3) is 0.583. The Labute approximate surface area is 115 Å². The summed E-state index contributed by atoms with van der Waals surface area (Å²) >= 11 is 0. The maximum atomic E-state index is 10.6. The molecule has 20 heavy (non-hydrogen) atoms. The first-order valence-corrected chi connectivity index (χ1v) is 6.53. The Morgan fingerprint density at radius 1 is 1.45 bits per heavy atom. The van der Waals surface area contributed by atoms with Gasteiger partial charge < -0.3 is 25.8 Å². The molecule has 1 saturated heterocycles. The average molecular weight is 278 g/mol. The number of nitrogens with two attached hydrogens (primary N) is 1. The summed E-state index contributed by atoms with van der Waals surface area (Å²) in [6.45, 7) is 2.57. The quantitative estimate of drug-likeness (QED) is 0.530. The van der Waals surface area contributed by atoms with E-state index in [4.69, 9.17) is 5.73 Å². The summed E-state index contributed by atoms with van der Waals surface area (Å²) in [4.78, 5) is 12.3. The topological polar surface area (TPSA) is 122 Å². The molecule has 0 bridgehead atoms. The van der Waals surface area contributed by atoms with Crippen molar-refractivity contribution in [1.82, 2.24) is 24.8 Å². The third kappa shape index (κ3) is 2.11. The average Bonchev–Trinajstić information content (AvgIpc) is 2.75. The molecule has 0 saturated carbocycles. The minimum Gasteiger partial charge on any atom is -0.392 e. The lowest BCUT2D eigenvalue weighted by Crippen LogP contribution is -2.43. The summed E-state index contributed by atoms with van der Waals surface area (Å²) in [5, 5.41) is 23.6. The molecular formula is C12H18N6O2. The third-order valence-electron chi connectivity index (χ3n) is 3.80. The molecule has 0 spiro atoms. The number of imidazole rings is 1. The molecule has 3 heterocycles. The number of aliphatic hydroxyl groups excluding tert-OH is 1. The van der Waals surface area contributed by atoms with Gasteiger partial charge in [0.05, 0.1) is 24.1 Å². The zero-order chi connectivity index (χ0) is 14.3. The van der Waals surface area contributed by atoms with E-state index in [2.05, 4.69) is 20.3 Å². The SMILES string of the molecule is C[C@@]1(O)CNC[C@H](O)C[C@H]1n1cnc2c(N)ncnc21. The number of nitrogen functional groups attached to an aromatic ring is 1. The molecule has 1 aliphatic rings. The summed E-state index contributed by atoms with van der Waals surface area (Å²) in [6, 6.07) is -0.341. The number of anilines is 1. The molecule has 0 amide bonds. The zero-order valence-corrected chi connectivity index (χ0v) is 11.2. The maximum absolute atomic E-state index is 10.6. The number of aliphatic hydroxyl groups is 2. The lowest BCUT2D eigenvalue weighted by molar-refractivity contribution is 0.00326. The molecule has 3 rings (SSSR count). The normalized spacial score (nSPS) is 31.4. The summed E-state index contributed by atoms with van der Waals surface area (Å²) in [5.74, 6) is 0.306. The van der Waals surface area contributed by atoms with E-state index in [1.54, 1.807) is 17.8 Å². The van der Waals surface area contributed by atoms with Crippen molar-refractivity contribution in [2.24, 2.45) is 0 Å². The van der Waals surface area contributed by atoms with Crippen LogP contribution in [0.5, 0.6) is 0 Å². The molecule has 8 nitrogen and oxygen atoms in total. The molecule has 1 fully saturated rings. The largest absolute Gasteiger partial charge is 0.392 e. The summed E-state index contributed by atoms with van der Waals surface area (Å²) in [6.07, 6.45) is 2.84. The van der Waals surface area contributed by atoms with E-state index in [1.165, 1.54) is 6.33 Å². The number of nitrogens with one attached hydrogen (secondary N) is 1. The molecule has 0 unspecified atom stereocenters. The Kier molecular flexibility index (Phi) is 3.08. The highest BCUT2D eigenvalue weighted by atomic mass is 16.3. The molecule has 0 radical (unpaired) electrons. The maximum Gasteiger partial charge on any atom is 0.165 e. The van der Waals surface area contributed by atoms with Crippen LogP contribution in [0.15, 0.2) is 12.7 Å². The predicted octanol–water partition coefficient (Wildman–Crippen LogP) is -0.945. The van der Waals surface area contributed by atoms with Crippen LogP contribution in [0.4, 0.5) is 5.82 Å². The van der Waals surface area contributed by atoms with Crippen LogP contribution in [0, 0.1) is 0 Å². The number of rotatable bonds is 1. The number of β-amino-alcohol motifs (C(OH)–C–C–N with tert-alkyl or cyclic N) is 2. The standard InChI is InChI=1S/C12H18N6O2/c1-12(20)4-14-3-7(19)2-8(12)18-6-17-9-10(13)15-5-16-11(9)18/h5-8,14,19-20H,2-4H2,1H3,(H2,13,15,16)/t7-,8-,12-/m1/s1. The van der Waals surface area contributed by atoms with Crippen LogP contribution in [0.3, 0.4) is 0 Å². The molecular weight excluding hydrogens is 260 g/mol. The highest BCUT2D eigenvalue weighted by molar-refractivity contribution is 5.81. The Bertz CT molecular complexity index is 625. The van der Waals surface area contributed by atoms with Gasteiger partial charge in [0.1, 0.15) is 11.8 Å². The first-order chi connectivity index (χ1) is 9.49. The van der Waals surface area contributed by atoms with Gasteiger partial charge in [-0.2, -0.15) is 0 Å². The molecule has 0 aliphatic carbocycles. The molecule has 8 heteroatoms. The number of hydrogen-bond acceptors (Lipinski definition) is 7. The molecule has 2 aromatic heterocycles. The summed E-state index contributed by atoms with van der Waals surface area (Å²) in [7, 11) is 0. The van der Waals surface area contributed by atoms with Crippen LogP contribution in [0.2, 0.25) is 0 Å². The van der Waals surface area contributed by atoms with E-state index in [1.807, 2.05) is 0 Å². The van der Waals surface area contributed by atoms with Crippen LogP contribution in [0.25, 0.3) is 11.2 Å². The second-order valence-electron chi connectivity index (χ2n) is 5.48. The fourth-order valence-corrected chi connectivity index (χ4v) is 2.72. The Hall–Kier alpha value is -1.77. The number of fused-ring (bicyclic) bond motifs is 1. The number of nitrogens with zero attached hydrogens (tertiary/aromatic N) is 4. The fourth-order valence-electron chi connectivity index (χ4n) is 2.72. The number of hydrogen-bond donors (Lipinski definition) is 4. The van der Waals surface area contributed by atoms with Gasteiger partial charge in [-0.15, -0.1) is 0 Å². The Morgan fingerprint density at radius 2 is 2.25 bits per heavy atom. The van der Waals surface area contributed by atoms with Crippen molar-refractivity contribution >= 4 is 17.0 Å². The van der Waals surface area contributed by atoms with E-state index in [-0.39, 0.29) is 6.04 Å². The molecule has 3 atom stereocenters. The molecule has 0 aromatic carbocycles. The van der Waals surface area contributed by atoms with Crippen molar-refractivity contribution in [3.05, 3.63) is 12.7 Å². The Balaban J connectivity index is 2.10. The van der Waals surface area contributed by atoms with Gasteiger partial charge in [0.15, 0.2) is 11.5 Å². The second kappa shape index (κ2) is 4.65. The van der Waals surface area contributed by atoms with Crippen molar-refractivity contribution < 1.29 is 10.2 Å². The smallest absolute Gasteiger partial charge is 0.165 e. The lowest BCUT2D eigenvalue weighted by Gasteiger charge is -2.32. The first-order valence-electron chi connectivity index (χ1n) is 6.53. The molecule has 2 aromatic rings. The van der Waals surface area contributed by atoms with E-state index >= 15 is 0 Å². The molecule has 5 N–H and O–H groups in total. The van der Waals surface area contributed by atoms with E-state index in [9.17, 15) is 10.2 Å². The molecule has 1 aliphatic heterocycles. The van der Waals surface area contributed by atoms with Gasteiger partial charge in [-0.05, 0) is 13.3 Å². The van der Waals surface area contributed by atoms with Gasteiger partial charge in [-0.1, -0.05) is 0 Å². The van der Waals surface area contributed by atoms with Crippen molar-refractivity contribution in [3.8, 4) is 0 Å². The van der Waals surface area contributed by atoms with Crippen molar-refractivity contribution in [3.63, 3.8) is 0 Å². The molecule has 108 valence electrons. The van der Waals surface area contributed by atoms with Crippen LogP contribution in [-0.2, 0) is 0 Å². The summed E-state index contributed by atoms with van der Waals surface area (Å²) in [5.41, 5.74) is 5.83. The lowest BCUT2D eigenvalue weighted by atomic mass is 9.93.